The van der Waals surface area contributed by atoms with Crippen LogP contribution in [-0.2, 0) is 14.3 Å². The summed E-state index contributed by atoms with van der Waals surface area (Å²) >= 11 is 1.45. The quantitative estimate of drug-likeness (QED) is 0.794. The van der Waals surface area contributed by atoms with E-state index in [0.29, 0.717) is 13.2 Å². The minimum absolute atomic E-state index is 0.196. The van der Waals surface area contributed by atoms with E-state index in [1.54, 1.807) is 13.1 Å². The van der Waals surface area contributed by atoms with Gasteiger partial charge in [-0.05, 0) is 19.8 Å². The van der Waals surface area contributed by atoms with Gasteiger partial charge in [0.15, 0.2) is 6.04 Å². The molecule has 1 aromatic heterocycles. The van der Waals surface area contributed by atoms with Crippen molar-refractivity contribution in [3.05, 3.63) is 16.6 Å². The molecule has 0 saturated carbocycles. The second-order valence-electron chi connectivity index (χ2n) is 4.10. The maximum absolute atomic E-state index is 11.9. The van der Waals surface area contributed by atoms with Gasteiger partial charge in [0.2, 0.25) is 0 Å². The topological polar surface area (TPSA) is 60.5 Å². The van der Waals surface area contributed by atoms with E-state index in [1.165, 1.54) is 11.3 Å². The molecular formula is C12H18N2O3S. The lowest BCUT2D eigenvalue weighted by Crippen LogP contribution is -2.35. The largest absolute Gasteiger partial charge is 0.465 e. The van der Waals surface area contributed by atoms with E-state index in [9.17, 15) is 4.79 Å². The molecule has 0 spiro atoms. The summed E-state index contributed by atoms with van der Waals surface area (Å²) in [5.41, 5.74) is 0. The van der Waals surface area contributed by atoms with Gasteiger partial charge < -0.3 is 9.47 Å². The molecule has 0 radical (unpaired) electrons. The molecule has 1 aliphatic rings. The number of aromatic nitrogens is 1. The van der Waals surface area contributed by atoms with E-state index < -0.39 is 6.04 Å². The maximum atomic E-state index is 11.9. The lowest BCUT2D eigenvalue weighted by molar-refractivity contribution is -0.146. The summed E-state index contributed by atoms with van der Waals surface area (Å²) in [4.78, 5) is 16.1. The number of hydrogen-bond acceptors (Lipinski definition) is 6. The van der Waals surface area contributed by atoms with E-state index >= 15 is 0 Å². The Balaban J connectivity index is 1.93. The third-order valence-corrected chi connectivity index (χ3v) is 3.63. The van der Waals surface area contributed by atoms with Crippen molar-refractivity contribution in [2.24, 2.45) is 0 Å². The molecule has 0 aliphatic carbocycles. The maximum Gasteiger partial charge on any atom is 0.330 e. The Kier molecular flexibility index (Phi) is 5.10. The van der Waals surface area contributed by atoms with Crippen LogP contribution in [-0.4, -0.2) is 36.8 Å². The fourth-order valence-corrected chi connectivity index (χ4v) is 2.63. The van der Waals surface area contributed by atoms with Gasteiger partial charge in [-0.1, -0.05) is 0 Å². The van der Waals surface area contributed by atoms with Crippen LogP contribution in [0.4, 0.5) is 0 Å². The van der Waals surface area contributed by atoms with Gasteiger partial charge in [0.05, 0.1) is 12.7 Å². The van der Waals surface area contributed by atoms with Gasteiger partial charge in [-0.3, -0.25) is 5.32 Å². The Morgan fingerprint density at radius 2 is 2.67 bits per heavy atom. The van der Waals surface area contributed by atoms with E-state index in [0.717, 1.165) is 24.5 Å². The first kappa shape index (κ1) is 13.5. The zero-order chi connectivity index (χ0) is 12.8. The van der Waals surface area contributed by atoms with Crippen molar-refractivity contribution in [3.8, 4) is 0 Å². The number of nitrogens with zero attached hydrogens (tertiary/aromatic N) is 1. The number of rotatable bonds is 6. The van der Waals surface area contributed by atoms with Gasteiger partial charge in [-0.2, -0.15) is 0 Å². The van der Waals surface area contributed by atoms with Crippen molar-refractivity contribution in [3.63, 3.8) is 0 Å². The molecule has 0 amide bonds. The summed E-state index contributed by atoms with van der Waals surface area (Å²) in [6.07, 6.45) is 4.02. The van der Waals surface area contributed by atoms with Crippen molar-refractivity contribution >= 4 is 17.3 Å². The van der Waals surface area contributed by atoms with Crippen LogP contribution >= 0.6 is 11.3 Å². The lowest BCUT2D eigenvalue weighted by atomic mass is 10.2. The fourth-order valence-electron chi connectivity index (χ4n) is 1.93. The second-order valence-corrected chi connectivity index (χ2v) is 5.02. The van der Waals surface area contributed by atoms with E-state index in [-0.39, 0.29) is 12.1 Å². The molecule has 0 aromatic carbocycles. The summed E-state index contributed by atoms with van der Waals surface area (Å²) in [5.74, 6) is -0.273. The van der Waals surface area contributed by atoms with Crippen molar-refractivity contribution in [2.45, 2.75) is 31.9 Å². The fraction of sp³-hybridized carbons (Fsp3) is 0.667. The normalized spacial score (nSPS) is 20.8. The van der Waals surface area contributed by atoms with Gasteiger partial charge in [0, 0.05) is 24.7 Å². The van der Waals surface area contributed by atoms with E-state index in [4.69, 9.17) is 9.47 Å². The number of hydrogen-bond donors (Lipinski definition) is 1. The highest BCUT2D eigenvalue weighted by atomic mass is 32.1. The van der Waals surface area contributed by atoms with Crippen LogP contribution < -0.4 is 5.32 Å². The molecule has 2 heterocycles. The van der Waals surface area contributed by atoms with Crippen LogP contribution in [0, 0.1) is 0 Å². The number of carbonyl (C=O) groups is 1. The third-order valence-electron chi connectivity index (χ3n) is 2.79. The van der Waals surface area contributed by atoms with Crippen molar-refractivity contribution in [1.82, 2.24) is 10.3 Å². The number of ether oxygens (including phenoxy) is 2. The number of thiazole rings is 1. The molecule has 2 atom stereocenters. The SMILES string of the molecule is CCOC(=O)C(NCC1CCCO1)c1nccs1. The molecule has 1 aromatic rings. The van der Waals surface area contributed by atoms with Gasteiger partial charge in [-0.25, -0.2) is 9.78 Å². The molecular weight excluding hydrogens is 252 g/mol. The predicted molar refractivity (Wildman–Crippen MR) is 68.5 cm³/mol. The van der Waals surface area contributed by atoms with Crippen molar-refractivity contribution in [1.29, 1.82) is 0 Å². The minimum atomic E-state index is -0.478. The Morgan fingerprint density at radius 1 is 1.78 bits per heavy atom. The minimum Gasteiger partial charge on any atom is -0.465 e. The molecule has 18 heavy (non-hydrogen) atoms. The number of esters is 1. The third kappa shape index (κ3) is 3.51. The molecule has 5 nitrogen and oxygen atoms in total. The Morgan fingerprint density at radius 3 is 3.28 bits per heavy atom. The highest BCUT2D eigenvalue weighted by Gasteiger charge is 2.26. The number of nitrogens with one attached hydrogen (secondary N) is 1. The van der Waals surface area contributed by atoms with Gasteiger partial charge in [0.1, 0.15) is 5.01 Å². The van der Waals surface area contributed by atoms with E-state index in [2.05, 4.69) is 10.3 Å². The van der Waals surface area contributed by atoms with Gasteiger partial charge in [-0.15, -0.1) is 11.3 Å². The highest BCUT2D eigenvalue weighted by Crippen LogP contribution is 2.19. The van der Waals surface area contributed by atoms with E-state index in [1.807, 2.05) is 5.38 Å². The molecule has 1 N–H and O–H groups in total. The Bertz CT molecular complexity index is 363. The molecule has 100 valence electrons. The van der Waals surface area contributed by atoms with Crippen molar-refractivity contribution < 1.29 is 14.3 Å². The zero-order valence-electron chi connectivity index (χ0n) is 10.4. The van der Waals surface area contributed by atoms with Crippen LogP contribution in [0.1, 0.15) is 30.8 Å². The van der Waals surface area contributed by atoms with Crippen LogP contribution in [0.3, 0.4) is 0 Å². The summed E-state index contributed by atoms with van der Waals surface area (Å²) in [6.45, 7) is 3.65. The Hall–Kier alpha value is -0.980. The van der Waals surface area contributed by atoms with Crippen molar-refractivity contribution in [2.75, 3.05) is 19.8 Å². The summed E-state index contributed by atoms with van der Waals surface area (Å²) in [5, 5.41) is 5.80. The lowest BCUT2D eigenvalue weighted by Gasteiger charge is -2.17. The van der Waals surface area contributed by atoms with Crippen LogP contribution in [0.25, 0.3) is 0 Å². The molecule has 0 bridgehead atoms. The summed E-state index contributed by atoms with van der Waals surface area (Å²) in [6, 6.07) is -0.478. The first-order valence-corrected chi connectivity index (χ1v) is 7.10. The van der Waals surface area contributed by atoms with Crippen LogP contribution in [0.5, 0.6) is 0 Å². The smallest absolute Gasteiger partial charge is 0.330 e. The van der Waals surface area contributed by atoms with Crippen LogP contribution in [0.15, 0.2) is 11.6 Å². The average Bonchev–Trinajstić information content (AvgIpc) is 3.01. The summed E-state index contributed by atoms with van der Waals surface area (Å²) < 4.78 is 10.6. The molecule has 6 heteroatoms. The van der Waals surface area contributed by atoms with Gasteiger partial charge in [0.25, 0.3) is 0 Å². The molecule has 1 fully saturated rings. The zero-order valence-corrected chi connectivity index (χ0v) is 11.2. The average molecular weight is 270 g/mol. The molecule has 2 rings (SSSR count). The first-order valence-electron chi connectivity index (χ1n) is 6.22. The molecule has 2 unspecified atom stereocenters. The summed E-state index contributed by atoms with van der Waals surface area (Å²) in [7, 11) is 0. The standard InChI is InChI=1S/C12H18N2O3S/c1-2-16-12(15)10(11-13-5-7-18-11)14-8-9-4-3-6-17-9/h5,7,9-10,14H,2-4,6,8H2,1H3. The molecule has 1 aliphatic heterocycles. The van der Waals surface area contributed by atoms with Crippen LogP contribution in [0.2, 0.25) is 0 Å². The van der Waals surface area contributed by atoms with Gasteiger partial charge >= 0.3 is 5.97 Å². The monoisotopic (exact) mass is 270 g/mol. The Labute approximate surface area is 111 Å². The highest BCUT2D eigenvalue weighted by molar-refractivity contribution is 7.09. The molecule has 1 saturated heterocycles. The predicted octanol–water partition coefficient (Wildman–Crippen LogP) is 1.52. The first-order chi connectivity index (χ1) is 8.81. The number of carbonyl (C=O) groups excluding carboxylic acids is 1. The second kappa shape index (κ2) is 6.82.